The van der Waals surface area contributed by atoms with E-state index in [0.717, 1.165) is 4.31 Å². The van der Waals surface area contributed by atoms with Gasteiger partial charge in [0.2, 0.25) is 20.0 Å². The number of nitrogens with zero attached hydrogens (tertiary/aromatic N) is 1. The van der Waals surface area contributed by atoms with Crippen LogP contribution in [-0.4, -0.2) is 88.1 Å². The molecule has 0 aromatic heterocycles. The van der Waals surface area contributed by atoms with Gasteiger partial charge in [0, 0.05) is 30.8 Å². The van der Waals surface area contributed by atoms with Crippen molar-refractivity contribution in [1.82, 2.24) is 9.03 Å². The zero-order chi connectivity index (χ0) is 28.4. The first-order valence-electron chi connectivity index (χ1n) is 11.4. The van der Waals surface area contributed by atoms with Crippen LogP contribution in [0.15, 0.2) is 46.2 Å². The third kappa shape index (κ3) is 6.17. The van der Waals surface area contributed by atoms with Crippen LogP contribution in [0.2, 0.25) is 0 Å². The maximum absolute atomic E-state index is 14.0. The van der Waals surface area contributed by atoms with E-state index >= 15 is 0 Å². The monoisotopic (exact) mass is 592 g/mol. The Hall–Kier alpha value is -2.59. The molecule has 212 valence electrons. The predicted molar refractivity (Wildman–Crippen MR) is 140 cm³/mol. The summed E-state index contributed by atoms with van der Waals surface area (Å²) in [6.07, 6.45) is 0.0390. The summed E-state index contributed by atoms with van der Waals surface area (Å²) in [5.74, 6) is 0.0163. The van der Waals surface area contributed by atoms with Crippen molar-refractivity contribution in [1.29, 1.82) is 0 Å². The lowest BCUT2D eigenvalue weighted by Gasteiger charge is -2.36. The predicted octanol–water partition coefficient (Wildman–Crippen LogP) is 1.27. The standard InChI is InChI=1S/C23H32N2O10S3/c1-23(10-13-36(26,27)16-23)25(38(30,31)22-15-18(33-3)7-9-20(22)35-5)12-11-24-37(28,29)21-14-17(32-2)6-8-19(21)34-4/h6-9,14-15,24H,10-13,16H2,1-5H3/t23-/m0/s1. The third-order valence-corrected chi connectivity index (χ3v) is 11.7. The molecule has 0 amide bonds. The van der Waals surface area contributed by atoms with Gasteiger partial charge in [-0.3, -0.25) is 0 Å². The molecule has 0 radical (unpaired) electrons. The number of hydrogen-bond acceptors (Lipinski definition) is 10. The minimum Gasteiger partial charge on any atom is -0.497 e. The quantitative estimate of drug-likeness (QED) is 0.381. The molecule has 0 saturated carbocycles. The van der Waals surface area contributed by atoms with Crippen molar-refractivity contribution in [2.45, 2.75) is 28.7 Å². The Morgan fingerprint density at radius 3 is 1.87 bits per heavy atom. The summed E-state index contributed by atoms with van der Waals surface area (Å²) in [6.45, 7) is 0.811. The van der Waals surface area contributed by atoms with Gasteiger partial charge < -0.3 is 18.9 Å². The Morgan fingerprint density at radius 2 is 1.39 bits per heavy atom. The van der Waals surface area contributed by atoms with E-state index in [2.05, 4.69) is 4.72 Å². The van der Waals surface area contributed by atoms with Gasteiger partial charge in [0.25, 0.3) is 0 Å². The Labute approximate surface area is 223 Å². The fourth-order valence-corrected chi connectivity index (χ4v) is 9.73. The summed E-state index contributed by atoms with van der Waals surface area (Å²) < 4.78 is 103. The summed E-state index contributed by atoms with van der Waals surface area (Å²) in [7, 11) is -6.69. The van der Waals surface area contributed by atoms with E-state index in [1.54, 1.807) is 0 Å². The molecule has 1 saturated heterocycles. The molecule has 1 aliphatic heterocycles. The van der Waals surface area contributed by atoms with Crippen molar-refractivity contribution >= 4 is 29.9 Å². The number of ether oxygens (including phenoxy) is 4. The first-order chi connectivity index (χ1) is 17.7. The zero-order valence-electron chi connectivity index (χ0n) is 21.8. The summed E-state index contributed by atoms with van der Waals surface area (Å²) in [5.41, 5.74) is -1.33. The van der Waals surface area contributed by atoms with Crippen molar-refractivity contribution in [2.24, 2.45) is 0 Å². The summed E-state index contributed by atoms with van der Waals surface area (Å²) in [4.78, 5) is -0.430. The second kappa shape index (κ2) is 11.3. The van der Waals surface area contributed by atoms with Gasteiger partial charge in [-0.05, 0) is 37.6 Å². The molecule has 38 heavy (non-hydrogen) atoms. The van der Waals surface area contributed by atoms with Crippen molar-refractivity contribution in [3.05, 3.63) is 36.4 Å². The molecule has 0 bridgehead atoms. The zero-order valence-corrected chi connectivity index (χ0v) is 24.2. The molecule has 1 aliphatic rings. The first-order valence-corrected chi connectivity index (χ1v) is 16.1. The van der Waals surface area contributed by atoms with Gasteiger partial charge in [0.05, 0.1) is 39.9 Å². The van der Waals surface area contributed by atoms with Crippen LogP contribution in [0, 0.1) is 0 Å². The van der Waals surface area contributed by atoms with Gasteiger partial charge in [0.1, 0.15) is 32.8 Å². The first kappa shape index (κ1) is 30.0. The van der Waals surface area contributed by atoms with Crippen LogP contribution in [-0.2, 0) is 29.9 Å². The molecule has 2 aromatic rings. The second-order valence-electron chi connectivity index (χ2n) is 8.85. The number of nitrogens with one attached hydrogen (secondary N) is 1. The van der Waals surface area contributed by atoms with Crippen molar-refractivity contribution < 1.29 is 44.2 Å². The van der Waals surface area contributed by atoms with Crippen LogP contribution in [0.4, 0.5) is 0 Å². The molecule has 1 heterocycles. The molecule has 3 rings (SSSR count). The number of hydrogen-bond donors (Lipinski definition) is 1. The number of rotatable bonds is 12. The molecule has 0 aliphatic carbocycles. The summed E-state index contributed by atoms with van der Waals surface area (Å²) in [5, 5.41) is 0. The van der Waals surface area contributed by atoms with Gasteiger partial charge in [-0.25, -0.2) is 30.0 Å². The van der Waals surface area contributed by atoms with E-state index in [1.165, 1.54) is 71.8 Å². The average Bonchev–Trinajstić information content (AvgIpc) is 3.18. The molecule has 2 aromatic carbocycles. The highest BCUT2D eigenvalue weighted by molar-refractivity contribution is 7.92. The van der Waals surface area contributed by atoms with Crippen LogP contribution in [0.1, 0.15) is 13.3 Å². The Bertz CT molecular complexity index is 1490. The smallest absolute Gasteiger partial charge is 0.247 e. The van der Waals surface area contributed by atoms with E-state index in [1.807, 2.05) is 0 Å². The van der Waals surface area contributed by atoms with Gasteiger partial charge >= 0.3 is 0 Å². The van der Waals surface area contributed by atoms with Gasteiger partial charge in [-0.1, -0.05) is 0 Å². The molecule has 0 unspecified atom stereocenters. The molecule has 1 N–H and O–H groups in total. The summed E-state index contributed by atoms with van der Waals surface area (Å²) in [6, 6.07) is 8.48. The summed E-state index contributed by atoms with van der Waals surface area (Å²) >= 11 is 0. The van der Waals surface area contributed by atoms with Crippen LogP contribution in [0.25, 0.3) is 0 Å². The second-order valence-corrected chi connectivity index (χ2v) is 14.6. The lowest BCUT2D eigenvalue weighted by atomic mass is 10.0. The molecular weight excluding hydrogens is 560 g/mol. The molecule has 15 heteroatoms. The minimum atomic E-state index is -4.39. The third-order valence-electron chi connectivity index (χ3n) is 6.29. The maximum atomic E-state index is 14.0. The van der Waals surface area contributed by atoms with E-state index in [9.17, 15) is 25.3 Å². The number of benzene rings is 2. The maximum Gasteiger partial charge on any atom is 0.247 e. The SMILES string of the molecule is COc1ccc(OC)c(S(=O)(=O)NCCN([C@@]2(C)CCS(=O)(=O)C2)S(=O)(=O)c2cc(OC)ccc2OC)c1. The van der Waals surface area contributed by atoms with E-state index in [4.69, 9.17) is 18.9 Å². The van der Waals surface area contributed by atoms with Gasteiger partial charge in [-0.2, -0.15) is 4.31 Å². The van der Waals surface area contributed by atoms with E-state index in [-0.39, 0.29) is 58.1 Å². The fourth-order valence-electron chi connectivity index (χ4n) is 4.33. The van der Waals surface area contributed by atoms with Crippen molar-refractivity contribution in [3.63, 3.8) is 0 Å². The number of sulfonamides is 2. The Balaban J connectivity index is 2.00. The largest absolute Gasteiger partial charge is 0.497 e. The highest BCUT2D eigenvalue weighted by Gasteiger charge is 2.48. The van der Waals surface area contributed by atoms with Crippen LogP contribution < -0.4 is 23.7 Å². The fraction of sp³-hybridized carbons (Fsp3) is 0.478. The Kier molecular flexibility index (Phi) is 8.88. The average molecular weight is 593 g/mol. The highest BCUT2D eigenvalue weighted by atomic mass is 32.2. The van der Waals surface area contributed by atoms with Crippen LogP contribution in [0.5, 0.6) is 23.0 Å². The highest BCUT2D eigenvalue weighted by Crippen LogP contribution is 2.38. The molecule has 1 atom stereocenters. The van der Waals surface area contributed by atoms with Crippen molar-refractivity contribution in [2.75, 3.05) is 53.0 Å². The van der Waals surface area contributed by atoms with E-state index in [0.29, 0.717) is 0 Å². The number of sulfone groups is 1. The van der Waals surface area contributed by atoms with E-state index < -0.39 is 41.2 Å². The lowest BCUT2D eigenvalue weighted by molar-refractivity contribution is 0.235. The topological polar surface area (TPSA) is 155 Å². The van der Waals surface area contributed by atoms with Crippen LogP contribution in [0.3, 0.4) is 0 Å². The molecule has 1 fully saturated rings. The normalized spacial score (nSPS) is 19.3. The van der Waals surface area contributed by atoms with Gasteiger partial charge in [-0.15, -0.1) is 0 Å². The Morgan fingerprint density at radius 1 is 0.868 bits per heavy atom. The molecular formula is C23H32N2O10S3. The molecule has 12 nitrogen and oxygen atoms in total. The number of methoxy groups -OCH3 is 4. The molecule has 0 spiro atoms. The minimum absolute atomic E-state index is 0.0296. The lowest BCUT2D eigenvalue weighted by Crippen LogP contribution is -2.53. The van der Waals surface area contributed by atoms with Crippen molar-refractivity contribution in [3.8, 4) is 23.0 Å². The van der Waals surface area contributed by atoms with Crippen LogP contribution >= 0.6 is 0 Å². The van der Waals surface area contributed by atoms with Gasteiger partial charge in [0.15, 0.2) is 9.84 Å².